The normalized spacial score (nSPS) is 13.3. The summed E-state index contributed by atoms with van der Waals surface area (Å²) in [5, 5.41) is 11.5. The number of hydrogen-bond donors (Lipinski definition) is 2. The molecule has 0 aromatic heterocycles. The summed E-state index contributed by atoms with van der Waals surface area (Å²) in [5.74, 6) is 1.05. The van der Waals surface area contributed by atoms with E-state index in [1.54, 1.807) is 0 Å². The summed E-state index contributed by atoms with van der Waals surface area (Å²) < 4.78 is 6.14. The van der Waals surface area contributed by atoms with Crippen LogP contribution in [0.15, 0.2) is 12.1 Å². The van der Waals surface area contributed by atoms with Crippen LogP contribution in [-0.2, 0) is 24.1 Å². The number of ether oxygens (including phenoxy) is 1. The maximum Gasteiger partial charge on any atom is 0.220 e. The lowest BCUT2D eigenvalue weighted by atomic mass is 9.86. The lowest BCUT2D eigenvalue weighted by molar-refractivity contribution is -0.121. The zero-order valence-electron chi connectivity index (χ0n) is 16.3. The average Bonchev–Trinajstić information content (AvgIpc) is 2.67. The van der Waals surface area contributed by atoms with Gasteiger partial charge in [0.1, 0.15) is 5.75 Å². The Morgan fingerprint density at radius 2 is 2.00 bits per heavy atom. The van der Waals surface area contributed by atoms with Crippen LogP contribution >= 0.6 is 0 Å². The van der Waals surface area contributed by atoms with Crippen molar-refractivity contribution < 1.29 is 14.6 Å². The summed E-state index contributed by atoms with van der Waals surface area (Å²) in [6.45, 7) is 3.33. The molecule has 1 aromatic rings. The van der Waals surface area contributed by atoms with Crippen molar-refractivity contribution in [2.45, 2.75) is 77.6 Å². The van der Waals surface area contributed by atoms with E-state index in [4.69, 9.17) is 9.84 Å². The Balaban J connectivity index is 1.97. The van der Waals surface area contributed by atoms with E-state index < -0.39 is 0 Å². The van der Waals surface area contributed by atoms with Crippen molar-refractivity contribution in [2.75, 3.05) is 19.8 Å². The molecule has 0 bridgehead atoms. The van der Waals surface area contributed by atoms with Gasteiger partial charge in [0.05, 0.1) is 13.2 Å². The summed E-state index contributed by atoms with van der Waals surface area (Å²) in [6, 6.07) is 4.39. The number of amides is 1. The summed E-state index contributed by atoms with van der Waals surface area (Å²) >= 11 is 0. The molecule has 0 spiro atoms. The fourth-order valence-corrected chi connectivity index (χ4v) is 3.71. The van der Waals surface area contributed by atoms with Crippen molar-refractivity contribution in [1.82, 2.24) is 5.32 Å². The number of fused-ring (bicyclic) bond motifs is 1. The first-order valence-electron chi connectivity index (χ1n) is 10.4. The number of aliphatic hydroxyl groups is 1. The number of carbonyl (C=O) groups excluding carboxylic acids is 1. The van der Waals surface area contributed by atoms with Gasteiger partial charge in [-0.3, -0.25) is 4.79 Å². The molecule has 2 rings (SSSR count). The van der Waals surface area contributed by atoms with Crippen LogP contribution in [0.2, 0.25) is 0 Å². The molecule has 0 heterocycles. The lowest BCUT2D eigenvalue weighted by Gasteiger charge is -2.22. The van der Waals surface area contributed by atoms with Crippen LogP contribution in [0.4, 0.5) is 0 Å². The molecule has 0 radical (unpaired) electrons. The van der Waals surface area contributed by atoms with Crippen molar-refractivity contribution in [3.63, 3.8) is 0 Å². The second-order valence-electron chi connectivity index (χ2n) is 7.22. The second-order valence-corrected chi connectivity index (χ2v) is 7.22. The molecule has 1 aromatic carbocycles. The van der Waals surface area contributed by atoms with Crippen LogP contribution in [0, 0.1) is 0 Å². The molecule has 0 unspecified atom stereocenters. The zero-order chi connectivity index (χ0) is 18.6. The molecule has 4 nitrogen and oxygen atoms in total. The van der Waals surface area contributed by atoms with Gasteiger partial charge in [0, 0.05) is 13.0 Å². The predicted molar refractivity (Wildman–Crippen MR) is 106 cm³/mol. The Hall–Kier alpha value is -1.55. The number of rotatable bonds is 12. The van der Waals surface area contributed by atoms with Crippen LogP contribution < -0.4 is 10.1 Å². The minimum Gasteiger partial charge on any atom is -0.493 e. The Morgan fingerprint density at radius 3 is 2.81 bits per heavy atom. The van der Waals surface area contributed by atoms with E-state index in [0.29, 0.717) is 13.0 Å². The molecule has 2 N–H and O–H groups in total. The molecular weight excluding hydrogens is 326 g/mol. The van der Waals surface area contributed by atoms with Gasteiger partial charge in [-0.15, -0.1) is 0 Å². The molecule has 1 amide bonds. The van der Waals surface area contributed by atoms with Crippen molar-refractivity contribution in [2.24, 2.45) is 0 Å². The largest absolute Gasteiger partial charge is 0.493 e. The fraction of sp³-hybridized carbons (Fsp3) is 0.682. The van der Waals surface area contributed by atoms with E-state index in [1.165, 1.54) is 48.8 Å². The van der Waals surface area contributed by atoms with Crippen molar-refractivity contribution in [3.8, 4) is 5.75 Å². The van der Waals surface area contributed by atoms with E-state index in [-0.39, 0.29) is 12.5 Å². The van der Waals surface area contributed by atoms with E-state index in [9.17, 15) is 4.79 Å². The monoisotopic (exact) mass is 361 g/mol. The smallest absolute Gasteiger partial charge is 0.220 e. The molecule has 1 aliphatic carbocycles. The van der Waals surface area contributed by atoms with E-state index in [1.807, 2.05) is 0 Å². The first kappa shape index (κ1) is 20.8. The van der Waals surface area contributed by atoms with Gasteiger partial charge in [0.25, 0.3) is 0 Å². The number of nitrogens with one attached hydrogen (secondary N) is 1. The zero-order valence-corrected chi connectivity index (χ0v) is 16.3. The molecular formula is C22H35NO3. The highest BCUT2D eigenvalue weighted by Gasteiger charge is 2.17. The van der Waals surface area contributed by atoms with Crippen molar-refractivity contribution in [3.05, 3.63) is 28.8 Å². The van der Waals surface area contributed by atoms with Crippen LogP contribution in [-0.4, -0.2) is 30.8 Å². The number of aryl methyl sites for hydroxylation is 1. The number of aliphatic hydroxyl groups excluding tert-OH is 1. The van der Waals surface area contributed by atoms with E-state index >= 15 is 0 Å². The standard InChI is InChI=1S/C22H35NO3/c1-2-3-4-7-17-26-21-14-13-18-9-5-6-10-19(18)20(21)11-8-12-22(25)23-15-16-24/h13-14,24H,2-12,15-17H2,1H3,(H,23,25). The Kier molecular flexibility index (Phi) is 9.54. The predicted octanol–water partition coefficient (Wildman–Crippen LogP) is 3.96. The summed E-state index contributed by atoms with van der Waals surface area (Å²) in [6.07, 6.45) is 11.9. The summed E-state index contributed by atoms with van der Waals surface area (Å²) in [7, 11) is 0. The van der Waals surface area contributed by atoms with Crippen LogP contribution in [0.25, 0.3) is 0 Å². The van der Waals surface area contributed by atoms with Gasteiger partial charge in [-0.05, 0) is 67.7 Å². The second kappa shape index (κ2) is 11.9. The van der Waals surface area contributed by atoms with E-state index in [2.05, 4.69) is 24.4 Å². The van der Waals surface area contributed by atoms with Gasteiger partial charge in [-0.25, -0.2) is 0 Å². The maximum absolute atomic E-state index is 11.8. The summed E-state index contributed by atoms with van der Waals surface area (Å²) in [5.41, 5.74) is 4.26. The van der Waals surface area contributed by atoms with Crippen LogP contribution in [0.3, 0.4) is 0 Å². The third-order valence-electron chi connectivity index (χ3n) is 5.13. The summed E-state index contributed by atoms with van der Waals surface area (Å²) in [4.78, 5) is 11.8. The third kappa shape index (κ3) is 6.64. The molecule has 0 saturated heterocycles. The number of unbranched alkanes of at least 4 members (excludes halogenated alkanes) is 3. The molecule has 26 heavy (non-hydrogen) atoms. The highest BCUT2D eigenvalue weighted by molar-refractivity contribution is 5.75. The Morgan fingerprint density at radius 1 is 1.15 bits per heavy atom. The van der Waals surface area contributed by atoms with Gasteiger partial charge >= 0.3 is 0 Å². The van der Waals surface area contributed by atoms with Crippen LogP contribution in [0.5, 0.6) is 5.75 Å². The first-order valence-corrected chi connectivity index (χ1v) is 10.4. The quantitative estimate of drug-likeness (QED) is 0.554. The van der Waals surface area contributed by atoms with Crippen molar-refractivity contribution in [1.29, 1.82) is 0 Å². The minimum atomic E-state index is -0.00600. The van der Waals surface area contributed by atoms with E-state index in [0.717, 1.165) is 44.5 Å². The van der Waals surface area contributed by atoms with Gasteiger partial charge in [0.15, 0.2) is 0 Å². The SMILES string of the molecule is CCCCCCOc1ccc2c(c1CCCC(=O)NCCO)CCCC2. The molecule has 1 aliphatic rings. The Bertz CT molecular complexity index is 557. The minimum absolute atomic E-state index is 0.00600. The highest BCUT2D eigenvalue weighted by Crippen LogP contribution is 2.32. The lowest BCUT2D eigenvalue weighted by Crippen LogP contribution is -2.26. The number of carbonyl (C=O) groups is 1. The van der Waals surface area contributed by atoms with Crippen LogP contribution in [0.1, 0.15) is 75.0 Å². The van der Waals surface area contributed by atoms with Gasteiger partial charge in [-0.2, -0.15) is 0 Å². The number of hydrogen-bond acceptors (Lipinski definition) is 3. The molecule has 0 atom stereocenters. The average molecular weight is 362 g/mol. The molecule has 0 saturated carbocycles. The maximum atomic E-state index is 11.8. The Labute approximate surface area is 158 Å². The van der Waals surface area contributed by atoms with Gasteiger partial charge in [0.2, 0.25) is 5.91 Å². The van der Waals surface area contributed by atoms with Gasteiger partial charge in [-0.1, -0.05) is 32.3 Å². The fourth-order valence-electron chi connectivity index (χ4n) is 3.71. The topological polar surface area (TPSA) is 58.6 Å². The van der Waals surface area contributed by atoms with Crippen molar-refractivity contribution >= 4 is 5.91 Å². The molecule has 0 aliphatic heterocycles. The third-order valence-corrected chi connectivity index (χ3v) is 5.13. The number of benzene rings is 1. The molecule has 4 heteroatoms. The first-order chi connectivity index (χ1) is 12.8. The molecule has 0 fully saturated rings. The van der Waals surface area contributed by atoms with Gasteiger partial charge < -0.3 is 15.2 Å². The molecule has 146 valence electrons. The highest BCUT2D eigenvalue weighted by atomic mass is 16.5.